The molecule has 1 aliphatic rings. The molecular weight excluding hydrogens is 210 g/mol. The largest absolute Gasteiger partial charge is 0.397 e. The maximum atomic E-state index is 6.05. The average molecular weight is 223 g/mol. The third-order valence-corrected chi connectivity index (χ3v) is 2.92. The molecule has 3 rings (SSSR count). The Kier molecular flexibility index (Phi) is 2.37. The van der Waals surface area contributed by atoms with Crippen LogP contribution in [0.15, 0.2) is 41.4 Å². The number of rotatable bonds is 1. The van der Waals surface area contributed by atoms with E-state index in [1.54, 1.807) is 0 Å². The second kappa shape index (κ2) is 4.01. The summed E-state index contributed by atoms with van der Waals surface area (Å²) >= 11 is 0. The van der Waals surface area contributed by atoms with E-state index in [2.05, 4.69) is 9.98 Å². The van der Waals surface area contributed by atoms with E-state index in [0.717, 1.165) is 35.5 Å². The quantitative estimate of drug-likeness (QED) is 0.806. The first-order valence-corrected chi connectivity index (χ1v) is 5.69. The van der Waals surface area contributed by atoms with Crippen LogP contribution in [0.25, 0.3) is 11.3 Å². The van der Waals surface area contributed by atoms with Crippen molar-refractivity contribution in [2.24, 2.45) is 4.99 Å². The summed E-state index contributed by atoms with van der Waals surface area (Å²) in [6, 6.07) is 12.0. The van der Waals surface area contributed by atoms with Crippen molar-refractivity contribution in [1.82, 2.24) is 4.98 Å². The van der Waals surface area contributed by atoms with E-state index < -0.39 is 0 Å². The van der Waals surface area contributed by atoms with Crippen LogP contribution in [-0.4, -0.2) is 17.7 Å². The van der Waals surface area contributed by atoms with Crippen LogP contribution in [0, 0.1) is 0 Å². The zero-order chi connectivity index (χ0) is 11.7. The first-order chi connectivity index (χ1) is 8.34. The highest BCUT2D eigenvalue weighted by Crippen LogP contribution is 2.26. The highest BCUT2D eigenvalue weighted by atomic mass is 14.8. The van der Waals surface area contributed by atoms with E-state index in [-0.39, 0.29) is 0 Å². The van der Waals surface area contributed by atoms with Gasteiger partial charge in [0.2, 0.25) is 0 Å². The van der Waals surface area contributed by atoms with Crippen molar-refractivity contribution in [2.45, 2.75) is 6.42 Å². The van der Waals surface area contributed by atoms with Crippen LogP contribution < -0.4 is 5.73 Å². The fraction of sp³-hybridized carbons (Fsp3) is 0.143. The van der Waals surface area contributed by atoms with Gasteiger partial charge in [-0.2, -0.15) is 0 Å². The number of nitrogens with two attached hydrogens (primary N) is 1. The van der Waals surface area contributed by atoms with Crippen molar-refractivity contribution in [3.8, 4) is 11.3 Å². The number of nitrogens with zero attached hydrogens (tertiary/aromatic N) is 2. The fourth-order valence-corrected chi connectivity index (χ4v) is 2.06. The number of aliphatic imine (C=N–C) groups is 1. The van der Waals surface area contributed by atoms with Crippen molar-refractivity contribution in [3.63, 3.8) is 0 Å². The molecule has 2 N–H and O–H groups in total. The molecule has 2 heterocycles. The molecule has 84 valence electrons. The Hall–Kier alpha value is -2.16. The highest BCUT2D eigenvalue weighted by Gasteiger charge is 2.12. The van der Waals surface area contributed by atoms with Gasteiger partial charge in [-0.25, -0.2) is 4.98 Å². The molecule has 0 unspecified atom stereocenters. The van der Waals surface area contributed by atoms with Crippen LogP contribution in [-0.2, 0) is 6.42 Å². The van der Waals surface area contributed by atoms with E-state index in [1.807, 2.05) is 42.6 Å². The molecule has 3 heteroatoms. The predicted molar refractivity (Wildman–Crippen MR) is 70.3 cm³/mol. The van der Waals surface area contributed by atoms with Gasteiger partial charge < -0.3 is 5.73 Å². The van der Waals surface area contributed by atoms with Gasteiger partial charge in [0.1, 0.15) is 0 Å². The third-order valence-electron chi connectivity index (χ3n) is 2.92. The highest BCUT2D eigenvalue weighted by molar-refractivity contribution is 5.86. The number of nitrogen functional groups attached to an aromatic ring is 1. The van der Waals surface area contributed by atoms with Gasteiger partial charge in [-0.15, -0.1) is 0 Å². The van der Waals surface area contributed by atoms with Crippen molar-refractivity contribution in [1.29, 1.82) is 0 Å². The number of hydrogen-bond acceptors (Lipinski definition) is 3. The maximum Gasteiger partial charge on any atom is 0.0934 e. The number of fused-ring (bicyclic) bond motifs is 1. The maximum absolute atomic E-state index is 6.05. The van der Waals surface area contributed by atoms with Crippen LogP contribution in [0.5, 0.6) is 0 Å². The third kappa shape index (κ3) is 1.80. The van der Waals surface area contributed by atoms with Crippen molar-refractivity contribution >= 4 is 11.9 Å². The Bertz CT molecular complexity index is 574. The number of pyridine rings is 1. The SMILES string of the molecule is Nc1cc2c(nc1-c1ccccc1)CCN=C2. The number of anilines is 1. The second-order valence-corrected chi connectivity index (χ2v) is 4.11. The topological polar surface area (TPSA) is 51.3 Å². The Balaban J connectivity index is 2.16. The molecule has 0 spiro atoms. The molecule has 0 saturated heterocycles. The number of benzene rings is 1. The lowest BCUT2D eigenvalue weighted by atomic mass is 10.0. The molecule has 3 nitrogen and oxygen atoms in total. The van der Waals surface area contributed by atoms with Gasteiger partial charge in [0, 0.05) is 30.3 Å². The molecule has 0 bridgehead atoms. The van der Waals surface area contributed by atoms with E-state index in [1.165, 1.54) is 0 Å². The van der Waals surface area contributed by atoms with Gasteiger partial charge in [-0.3, -0.25) is 4.99 Å². The van der Waals surface area contributed by atoms with Crippen molar-refractivity contribution in [3.05, 3.63) is 47.7 Å². The molecule has 1 aromatic heterocycles. The normalized spacial score (nSPS) is 13.4. The molecule has 2 aromatic rings. The summed E-state index contributed by atoms with van der Waals surface area (Å²) in [6.45, 7) is 0.818. The molecule has 0 aliphatic carbocycles. The average Bonchev–Trinajstić information content (AvgIpc) is 2.39. The minimum absolute atomic E-state index is 0.711. The van der Waals surface area contributed by atoms with Crippen LogP contribution >= 0.6 is 0 Å². The van der Waals surface area contributed by atoms with E-state index in [0.29, 0.717) is 5.69 Å². The summed E-state index contributed by atoms with van der Waals surface area (Å²) in [5, 5.41) is 0. The Morgan fingerprint density at radius 3 is 2.76 bits per heavy atom. The molecule has 0 amide bonds. The van der Waals surface area contributed by atoms with Crippen LogP contribution in [0.4, 0.5) is 5.69 Å². The lowest BCUT2D eigenvalue weighted by Gasteiger charge is -2.13. The Labute approximate surface area is 100 Å². The molecule has 0 radical (unpaired) electrons. The van der Waals surface area contributed by atoms with E-state index >= 15 is 0 Å². The second-order valence-electron chi connectivity index (χ2n) is 4.11. The van der Waals surface area contributed by atoms with E-state index in [4.69, 9.17) is 5.73 Å². The molecule has 0 saturated carbocycles. The summed E-state index contributed by atoms with van der Waals surface area (Å²) in [4.78, 5) is 8.91. The van der Waals surface area contributed by atoms with Gasteiger partial charge in [0.25, 0.3) is 0 Å². The summed E-state index contributed by atoms with van der Waals surface area (Å²) in [5.41, 5.74) is 10.8. The van der Waals surface area contributed by atoms with Crippen LogP contribution in [0.2, 0.25) is 0 Å². The van der Waals surface area contributed by atoms with Crippen LogP contribution in [0.1, 0.15) is 11.3 Å². The number of aromatic nitrogens is 1. The zero-order valence-corrected chi connectivity index (χ0v) is 9.43. The summed E-state index contributed by atoms with van der Waals surface area (Å²) < 4.78 is 0. The van der Waals surface area contributed by atoms with Gasteiger partial charge in [-0.1, -0.05) is 30.3 Å². The van der Waals surface area contributed by atoms with Gasteiger partial charge in [-0.05, 0) is 6.07 Å². The summed E-state index contributed by atoms with van der Waals surface area (Å²) in [5.74, 6) is 0. The molecule has 0 atom stereocenters. The lowest BCUT2D eigenvalue weighted by molar-refractivity contribution is 0.908. The Morgan fingerprint density at radius 2 is 1.94 bits per heavy atom. The lowest BCUT2D eigenvalue weighted by Crippen LogP contribution is -2.08. The summed E-state index contributed by atoms with van der Waals surface area (Å²) in [6.07, 6.45) is 2.75. The van der Waals surface area contributed by atoms with Gasteiger partial charge in [0.15, 0.2) is 0 Å². The monoisotopic (exact) mass is 223 g/mol. The Morgan fingerprint density at radius 1 is 1.12 bits per heavy atom. The van der Waals surface area contributed by atoms with E-state index in [9.17, 15) is 0 Å². The van der Waals surface area contributed by atoms with Crippen LogP contribution in [0.3, 0.4) is 0 Å². The fourth-order valence-electron chi connectivity index (χ4n) is 2.06. The van der Waals surface area contributed by atoms with Gasteiger partial charge in [0.05, 0.1) is 17.1 Å². The van der Waals surface area contributed by atoms with Crippen molar-refractivity contribution in [2.75, 3.05) is 12.3 Å². The molecular formula is C14H13N3. The molecule has 0 fully saturated rings. The number of hydrogen-bond donors (Lipinski definition) is 1. The smallest absolute Gasteiger partial charge is 0.0934 e. The predicted octanol–water partition coefficient (Wildman–Crippen LogP) is 2.31. The zero-order valence-electron chi connectivity index (χ0n) is 9.43. The summed E-state index contributed by atoms with van der Waals surface area (Å²) in [7, 11) is 0. The first-order valence-electron chi connectivity index (χ1n) is 5.69. The first kappa shape index (κ1) is 10.0. The minimum atomic E-state index is 0.711. The van der Waals surface area contributed by atoms with Crippen molar-refractivity contribution < 1.29 is 0 Å². The van der Waals surface area contributed by atoms with Gasteiger partial charge >= 0.3 is 0 Å². The molecule has 1 aromatic carbocycles. The molecule has 17 heavy (non-hydrogen) atoms. The molecule has 1 aliphatic heterocycles. The standard InChI is InChI=1S/C14H13N3/c15-12-8-11-9-16-7-6-13(11)17-14(12)10-4-2-1-3-5-10/h1-5,8-9H,6-7,15H2. The minimum Gasteiger partial charge on any atom is -0.397 e.